The average molecular weight is 232 g/mol. The molecule has 0 fully saturated rings. The molecule has 0 unspecified atom stereocenters. The summed E-state index contributed by atoms with van der Waals surface area (Å²) in [4.78, 5) is 12.4. The monoisotopic (exact) mass is 231 g/mol. The molecule has 2 heterocycles. The number of hydrogen-bond donors (Lipinski definition) is 1. The molecule has 0 radical (unpaired) electrons. The van der Waals surface area contributed by atoms with Gasteiger partial charge in [-0.3, -0.25) is 4.79 Å². The van der Waals surface area contributed by atoms with E-state index in [4.69, 9.17) is 0 Å². The highest BCUT2D eigenvalue weighted by Crippen LogP contribution is 2.29. The van der Waals surface area contributed by atoms with Gasteiger partial charge in [-0.2, -0.15) is 0 Å². The highest BCUT2D eigenvalue weighted by Gasteiger charge is 2.20. The fourth-order valence-corrected chi connectivity index (χ4v) is 2.91. The third-order valence-corrected chi connectivity index (χ3v) is 3.66. The molecule has 1 N–H and O–H groups in total. The van der Waals surface area contributed by atoms with Crippen LogP contribution in [0.4, 0.5) is 0 Å². The van der Waals surface area contributed by atoms with Crippen molar-refractivity contribution in [2.45, 2.75) is 6.42 Å². The Hall–Kier alpha value is -0.350. The number of carbonyl (C=O) groups is 1. The van der Waals surface area contributed by atoms with Crippen molar-refractivity contribution in [3.05, 3.63) is 20.3 Å². The van der Waals surface area contributed by atoms with Crippen LogP contribution < -0.4 is 5.32 Å². The maximum absolute atomic E-state index is 11.2. The molecule has 11 heavy (non-hydrogen) atoms. The van der Waals surface area contributed by atoms with Crippen LogP contribution in [0, 0.1) is 0 Å². The van der Waals surface area contributed by atoms with E-state index in [0.29, 0.717) is 0 Å². The van der Waals surface area contributed by atoms with E-state index in [1.807, 2.05) is 5.38 Å². The summed E-state index contributed by atoms with van der Waals surface area (Å²) in [6, 6.07) is 0. The third-order valence-electron chi connectivity index (χ3n) is 1.69. The maximum atomic E-state index is 11.2. The number of hydrogen-bond acceptors (Lipinski definition) is 2. The molecule has 1 aliphatic rings. The van der Waals surface area contributed by atoms with Gasteiger partial charge >= 0.3 is 0 Å². The lowest BCUT2D eigenvalue weighted by molar-refractivity contribution is 0.0946. The van der Waals surface area contributed by atoms with Crippen molar-refractivity contribution in [1.82, 2.24) is 5.32 Å². The van der Waals surface area contributed by atoms with Gasteiger partial charge in [0.05, 0.1) is 5.56 Å². The van der Waals surface area contributed by atoms with Gasteiger partial charge in [0.1, 0.15) is 0 Å². The minimum atomic E-state index is 0.0550. The molecule has 1 aromatic rings. The predicted molar refractivity (Wildman–Crippen MR) is 48.1 cm³/mol. The second kappa shape index (κ2) is 2.60. The first-order valence-corrected chi connectivity index (χ1v) is 5.00. The highest BCUT2D eigenvalue weighted by atomic mass is 79.9. The number of thiophene rings is 1. The third kappa shape index (κ3) is 1.10. The zero-order valence-electron chi connectivity index (χ0n) is 5.69. The zero-order chi connectivity index (χ0) is 7.84. The van der Waals surface area contributed by atoms with Gasteiger partial charge in [0.15, 0.2) is 0 Å². The van der Waals surface area contributed by atoms with E-state index in [9.17, 15) is 4.79 Å². The van der Waals surface area contributed by atoms with E-state index in [0.717, 1.165) is 23.0 Å². The summed E-state index contributed by atoms with van der Waals surface area (Å²) in [6.07, 6.45) is 0.970. The molecule has 0 saturated heterocycles. The molecule has 0 aliphatic carbocycles. The van der Waals surface area contributed by atoms with Crippen molar-refractivity contribution in [3.63, 3.8) is 0 Å². The minimum Gasteiger partial charge on any atom is -0.352 e. The highest BCUT2D eigenvalue weighted by molar-refractivity contribution is 9.10. The number of carbonyl (C=O) groups excluding carboxylic acids is 1. The molecule has 1 aromatic heterocycles. The van der Waals surface area contributed by atoms with E-state index in [1.165, 1.54) is 4.88 Å². The molecule has 0 saturated carbocycles. The molecular formula is C7H6BrNOS. The first-order valence-electron chi connectivity index (χ1n) is 3.33. The summed E-state index contributed by atoms with van der Waals surface area (Å²) < 4.78 is 0.926. The van der Waals surface area contributed by atoms with Crippen LogP contribution in [0.15, 0.2) is 9.85 Å². The number of amides is 1. The van der Waals surface area contributed by atoms with Crippen molar-refractivity contribution < 1.29 is 4.79 Å². The predicted octanol–water partition coefficient (Wildman–Crippen LogP) is 1.80. The van der Waals surface area contributed by atoms with Crippen molar-refractivity contribution in [1.29, 1.82) is 0 Å². The Morgan fingerprint density at radius 3 is 3.18 bits per heavy atom. The molecule has 2 rings (SSSR count). The first-order chi connectivity index (χ1) is 5.29. The Balaban J connectivity index is 2.56. The van der Waals surface area contributed by atoms with Gasteiger partial charge in [0.2, 0.25) is 0 Å². The van der Waals surface area contributed by atoms with Gasteiger partial charge in [-0.05, 0) is 22.4 Å². The van der Waals surface area contributed by atoms with Crippen LogP contribution in [-0.4, -0.2) is 12.5 Å². The summed E-state index contributed by atoms with van der Waals surface area (Å²) in [6.45, 7) is 0.777. The van der Waals surface area contributed by atoms with Crippen LogP contribution in [0.2, 0.25) is 0 Å². The number of halogens is 1. The molecule has 0 spiro atoms. The quantitative estimate of drug-likeness (QED) is 0.726. The van der Waals surface area contributed by atoms with Crippen molar-refractivity contribution in [2.24, 2.45) is 0 Å². The number of rotatable bonds is 0. The minimum absolute atomic E-state index is 0.0550. The molecular weight excluding hydrogens is 226 g/mol. The van der Waals surface area contributed by atoms with Gasteiger partial charge in [-0.25, -0.2) is 0 Å². The summed E-state index contributed by atoms with van der Waals surface area (Å²) in [5.74, 6) is 0.0550. The summed E-state index contributed by atoms with van der Waals surface area (Å²) in [5.41, 5.74) is 0.834. The molecule has 1 aliphatic heterocycles. The summed E-state index contributed by atoms with van der Waals surface area (Å²) >= 11 is 4.99. The Bertz CT molecular complexity index is 307. The Morgan fingerprint density at radius 2 is 2.45 bits per heavy atom. The first kappa shape index (κ1) is 7.31. The molecule has 0 bridgehead atoms. The van der Waals surface area contributed by atoms with Gasteiger partial charge in [-0.1, -0.05) is 0 Å². The summed E-state index contributed by atoms with van der Waals surface area (Å²) in [7, 11) is 0. The number of nitrogens with one attached hydrogen (secondary N) is 1. The lowest BCUT2D eigenvalue weighted by atomic mass is 10.1. The van der Waals surface area contributed by atoms with E-state index in [2.05, 4.69) is 21.2 Å². The fraction of sp³-hybridized carbons (Fsp3) is 0.286. The topological polar surface area (TPSA) is 29.1 Å². The molecule has 0 aromatic carbocycles. The van der Waals surface area contributed by atoms with Crippen molar-refractivity contribution in [2.75, 3.05) is 6.54 Å². The standard InChI is InChI=1S/C7H6BrNOS/c8-4-3-11-5-1-2-9-7(10)6(4)5/h3H,1-2H2,(H,9,10). The molecule has 0 atom stereocenters. The van der Waals surface area contributed by atoms with E-state index in [-0.39, 0.29) is 5.91 Å². The second-order valence-corrected chi connectivity index (χ2v) is 4.21. The Labute approximate surface area is 76.7 Å². The van der Waals surface area contributed by atoms with Crippen LogP contribution in [0.5, 0.6) is 0 Å². The smallest absolute Gasteiger partial charge is 0.253 e. The van der Waals surface area contributed by atoms with E-state index >= 15 is 0 Å². The maximum Gasteiger partial charge on any atom is 0.253 e. The lowest BCUT2D eigenvalue weighted by Gasteiger charge is -2.11. The van der Waals surface area contributed by atoms with Crippen LogP contribution in [0.1, 0.15) is 15.2 Å². The largest absolute Gasteiger partial charge is 0.352 e. The van der Waals surface area contributed by atoms with Gasteiger partial charge in [-0.15, -0.1) is 11.3 Å². The van der Waals surface area contributed by atoms with Crippen molar-refractivity contribution >= 4 is 33.2 Å². The van der Waals surface area contributed by atoms with E-state index < -0.39 is 0 Å². The molecule has 1 amide bonds. The van der Waals surface area contributed by atoms with E-state index in [1.54, 1.807) is 11.3 Å². The summed E-state index contributed by atoms with van der Waals surface area (Å²) in [5, 5.41) is 4.77. The van der Waals surface area contributed by atoms with Crippen LogP contribution in [0.25, 0.3) is 0 Å². The second-order valence-electron chi connectivity index (χ2n) is 2.39. The molecule has 58 valence electrons. The zero-order valence-corrected chi connectivity index (χ0v) is 8.09. The lowest BCUT2D eigenvalue weighted by Crippen LogP contribution is -2.30. The van der Waals surface area contributed by atoms with Gasteiger partial charge < -0.3 is 5.32 Å². The average Bonchev–Trinajstić information content (AvgIpc) is 2.34. The van der Waals surface area contributed by atoms with Crippen molar-refractivity contribution in [3.8, 4) is 0 Å². The SMILES string of the molecule is O=C1NCCc2scc(Br)c21. The Kier molecular flexibility index (Phi) is 1.73. The van der Waals surface area contributed by atoms with Crippen LogP contribution in [0.3, 0.4) is 0 Å². The van der Waals surface area contributed by atoms with Gasteiger partial charge in [0.25, 0.3) is 5.91 Å². The van der Waals surface area contributed by atoms with Crippen LogP contribution in [-0.2, 0) is 6.42 Å². The Morgan fingerprint density at radius 1 is 1.64 bits per heavy atom. The number of fused-ring (bicyclic) bond motifs is 1. The van der Waals surface area contributed by atoms with Crippen LogP contribution >= 0.6 is 27.3 Å². The molecule has 2 nitrogen and oxygen atoms in total. The molecule has 4 heteroatoms. The fourth-order valence-electron chi connectivity index (χ4n) is 1.17. The normalized spacial score (nSPS) is 15.9. The van der Waals surface area contributed by atoms with Gasteiger partial charge in [0, 0.05) is 21.3 Å².